The molecule has 0 atom stereocenters. The minimum absolute atomic E-state index is 0.197. The van der Waals surface area contributed by atoms with E-state index in [9.17, 15) is 9.59 Å². The van der Waals surface area contributed by atoms with Gasteiger partial charge in [-0.05, 0) is 5.92 Å². The quantitative estimate of drug-likeness (QED) is 0.768. The van der Waals surface area contributed by atoms with Crippen molar-refractivity contribution in [3.63, 3.8) is 0 Å². The molecule has 0 radical (unpaired) electrons. The zero-order chi connectivity index (χ0) is 14.5. The predicted molar refractivity (Wildman–Crippen MR) is 79.1 cm³/mol. The smallest absolute Gasteiger partial charge is 0.324 e. The fraction of sp³-hybridized carbons (Fsp3) is 0.636. The number of hydrogen-bond donors (Lipinski definition) is 2. The summed E-state index contributed by atoms with van der Waals surface area (Å²) in [5, 5.41) is 14.6. The number of anilines is 1. The molecule has 0 aromatic carbocycles. The average molecular weight is 315 g/mol. The molecule has 3 amide bonds. The second-order valence-corrected chi connectivity index (χ2v) is 6.91. The van der Waals surface area contributed by atoms with Gasteiger partial charge in [-0.15, -0.1) is 10.2 Å². The van der Waals surface area contributed by atoms with Gasteiger partial charge in [-0.1, -0.05) is 36.9 Å². The molecule has 1 aliphatic rings. The van der Waals surface area contributed by atoms with Crippen molar-refractivity contribution in [1.29, 1.82) is 0 Å². The van der Waals surface area contributed by atoms with Crippen molar-refractivity contribution in [3.05, 3.63) is 0 Å². The molecule has 110 valence electrons. The van der Waals surface area contributed by atoms with Crippen molar-refractivity contribution < 1.29 is 9.59 Å². The number of aromatic nitrogens is 2. The van der Waals surface area contributed by atoms with Crippen LogP contribution in [-0.2, 0) is 4.79 Å². The minimum Gasteiger partial charge on any atom is -0.360 e. The number of carbonyl (C=O) groups excluding carboxylic acids is 2. The lowest BCUT2D eigenvalue weighted by atomic mass is 10.2. The van der Waals surface area contributed by atoms with E-state index < -0.39 is 0 Å². The summed E-state index contributed by atoms with van der Waals surface area (Å²) in [4.78, 5) is 24.4. The summed E-state index contributed by atoms with van der Waals surface area (Å²) in [5.41, 5.74) is 0. The summed E-state index contributed by atoms with van der Waals surface area (Å²) < 4.78 is 0.726. The molecule has 1 aromatic heterocycles. The van der Waals surface area contributed by atoms with Crippen LogP contribution in [0.3, 0.4) is 0 Å². The second kappa shape index (κ2) is 6.89. The minimum atomic E-state index is -0.313. The molecule has 7 nitrogen and oxygen atoms in total. The standard InChI is InChI=1S/C11H17N5O2S2/c1-7(2)5-13-9-14-15-11(20-9)19-6-8(17)16-4-3-12-10(16)18/h7H,3-6H2,1-2H3,(H,12,18)(H,13,14). The Labute approximate surface area is 125 Å². The summed E-state index contributed by atoms with van der Waals surface area (Å²) in [6.07, 6.45) is 0. The molecule has 1 fully saturated rings. The van der Waals surface area contributed by atoms with Crippen LogP contribution in [-0.4, -0.2) is 52.4 Å². The third kappa shape index (κ3) is 4.07. The molecular formula is C11H17N5O2S2. The number of hydrogen-bond acceptors (Lipinski definition) is 7. The number of amides is 3. The Morgan fingerprint density at radius 3 is 3.00 bits per heavy atom. The molecule has 1 aliphatic heterocycles. The maximum absolute atomic E-state index is 11.8. The van der Waals surface area contributed by atoms with Crippen LogP contribution in [0.5, 0.6) is 0 Å². The van der Waals surface area contributed by atoms with Crippen molar-refractivity contribution in [3.8, 4) is 0 Å². The Kier molecular flexibility index (Phi) is 5.18. The molecule has 0 bridgehead atoms. The summed E-state index contributed by atoms with van der Waals surface area (Å²) in [6, 6.07) is -0.313. The summed E-state index contributed by atoms with van der Waals surface area (Å²) in [6.45, 7) is 6.03. The van der Waals surface area contributed by atoms with Crippen molar-refractivity contribution in [1.82, 2.24) is 20.4 Å². The van der Waals surface area contributed by atoms with Crippen molar-refractivity contribution in [2.24, 2.45) is 5.92 Å². The molecule has 0 saturated carbocycles. The molecule has 2 N–H and O–H groups in total. The van der Waals surface area contributed by atoms with E-state index in [1.54, 1.807) is 0 Å². The van der Waals surface area contributed by atoms with E-state index in [0.29, 0.717) is 19.0 Å². The van der Waals surface area contributed by atoms with Gasteiger partial charge in [0.25, 0.3) is 0 Å². The van der Waals surface area contributed by atoms with Gasteiger partial charge in [-0.25, -0.2) is 4.79 Å². The zero-order valence-corrected chi connectivity index (χ0v) is 13.0. The predicted octanol–water partition coefficient (Wildman–Crippen LogP) is 1.25. The Morgan fingerprint density at radius 2 is 2.35 bits per heavy atom. The van der Waals surface area contributed by atoms with Gasteiger partial charge in [0.2, 0.25) is 11.0 Å². The van der Waals surface area contributed by atoms with E-state index in [0.717, 1.165) is 16.0 Å². The Hall–Kier alpha value is -1.35. The first-order chi connectivity index (χ1) is 9.56. The summed E-state index contributed by atoms with van der Waals surface area (Å²) >= 11 is 2.72. The first-order valence-corrected chi connectivity index (χ1v) is 8.15. The molecule has 20 heavy (non-hydrogen) atoms. The monoisotopic (exact) mass is 315 g/mol. The highest BCUT2D eigenvalue weighted by molar-refractivity contribution is 8.01. The first-order valence-electron chi connectivity index (χ1n) is 6.34. The van der Waals surface area contributed by atoms with Crippen molar-refractivity contribution >= 4 is 40.2 Å². The molecule has 1 aromatic rings. The van der Waals surface area contributed by atoms with Crippen LogP contribution in [0, 0.1) is 5.92 Å². The zero-order valence-electron chi connectivity index (χ0n) is 11.4. The van der Waals surface area contributed by atoms with E-state index in [1.807, 2.05) is 0 Å². The van der Waals surface area contributed by atoms with Gasteiger partial charge in [0.1, 0.15) is 0 Å². The fourth-order valence-electron chi connectivity index (χ4n) is 1.54. The number of rotatable bonds is 6. The van der Waals surface area contributed by atoms with E-state index in [-0.39, 0.29) is 17.7 Å². The van der Waals surface area contributed by atoms with Gasteiger partial charge in [-0.2, -0.15) is 0 Å². The maximum atomic E-state index is 11.8. The number of imide groups is 1. The van der Waals surface area contributed by atoms with Crippen LogP contribution in [0.2, 0.25) is 0 Å². The molecule has 2 rings (SSSR count). The van der Waals surface area contributed by atoms with E-state index in [2.05, 4.69) is 34.7 Å². The lowest BCUT2D eigenvalue weighted by molar-refractivity contribution is -0.124. The Bertz CT molecular complexity index is 491. The number of thioether (sulfide) groups is 1. The normalized spacial score (nSPS) is 14.8. The SMILES string of the molecule is CC(C)CNc1nnc(SCC(=O)N2CCNC2=O)s1. The van der Waals surface area contributed by atoms with Crippen molar-refractivity contribution in [2.75, 3.05) is 30.7 Å². The van der Waals surface area contributed by atoms with E-state index >= 15 is 0 Å². The van der Waals surface area contributed by atoms with E-state index in [1.165, 1.54) is 28.0 Å². The van der Waals surface area contributed by atoms with Crippen LogP contribution >= 0.6 is 23.1 Å². The van der Waals surface area contributed by atoms with Gasteiger partial charge in [0, 0.05) is 19.6 Å². The van der Waals surface area contributed by atoms with Gasteiger partial charge in [0.05, 0.1) is 5.75 Å². The number of carbonyl (C=O) groups is 2. The van der Waals surface area contributed by atoms with Gasteiger partial charge in [-0.3, -0.25) is 9.69 Å². The largest absolute Gasteiger partial charge is 0.360 e. The molecule has 0 aliphatic carbocycles. The van der Waals surface area contributed by atoms with Crippen LogP contribution in [0.1, 0.15) is 13.8 Å². The van der Waals surface area contributed by atoms with Crippen LogP contribution in [0.25, 0.3) is 0 Å². The third-order valence-electron chi connectivity index (χ3n) is 2.54. The molecular weight excluding hydrogens is 298 g/mol. The fourth-order valence-corrected chi connectivity index (χ4v) is 3.18. The third-order valence-corrected chi connectivity index (χ3v) is 4.54. The Balaban J connectivity index is 1.79. The average Bonchev–Trinajstić information content (AvgIpc) is 3.02. The highest BCUT2D eigenvalue weighted by Gasteiger charge is 2.26. The highest BCUT2D eigenvalue weighted by Crippen LogP contribution is 2.25. The lowest BCUT2D eigenvalue weighted by Crippen LogP contribution is -2.35. The Morgan fingerprint density at radius 1 is 1.55 bits per heavy atom. The van der Waals surface area contributed by atoms with Crippen LogP contribution in [0.15, 0.2) is 4.34 Å². The molecule has 9 heteroatoms. The van der Waals surface area contributed by atoms with Crippen LogP contribution < -0.4 is 10.6 Å². The van der Waals surface area contributed by atoms with Gasteiger partial charge >= 0.3 is 6.03 Å². The van der Waals surface area contributed by atoms with Crippen molar-refractivity contribution in [2.45, 2.75) is 18.2 Å². The van der Waals surface area contributed by atoms with Gasteiger partial charge in [0.15, 0.2) is 4.34 Å². The first kappa shape index (κ1) is 15.0. The molecule has 1 saturated heterocycles. The topological polar surface area (TPSA) is 87.2 Å². The van der Waals surface area contributed by atoms with E-state index in [4.69, 9.17) is 0 Å². The lowest BCUT2D eigenvalue weighted by Gasteiger charge is -2.10. The second-order valence-electron chi connectivity index (χ2n) is 4.71. The molecule has 0 spiro atoms. The maximum Gasteiger partial charge on any atom is 0.324 e. The van der Waals surface area contributed by atoms with Gasteiger partial charge < -0.3 is 10.6 Å². The summed E-state index contributed by atoms with van der Waals surface area (Å²) in [5.74, 6) is 0.536. The number of urea groups is 1. The number of nitrogens with zero attached hydrogens (tertiary/aromatic N) is 3. The summed E-state index contributed by atoms with van der Waals surface area (Å²) in [7, 11) is 0. The molecule has 2 heterocycles. The number of nitrogens with one attached hydrogen (secondary N) is 2. The van der Waals surface area contributed by atoms with Crippen LogP contribution in [0.4, 0.5) is 9.93 Å². The highest BCUT2D eigenvalue weighted by atomic mass is 32.2. The molecule has 0 unspecified atom stereocenters.